The lowest BCUT2D eigenvalue weighted by Gasteiger charge is -2.30. The van der Waals surface area contributed by atoms with Gasteiger partial charge in [-0.15, -0.1) is 0 Å². The molecule has 2 rings (SSSR count). The summed E-state index contributed by atoms with van der Waals surface area (Å²) in [6.45, 7) is 1.90. The smallest absolute Gasteiger partial charge is 0.189 e. The summed E-state index contributed by atoms with van der Waals surface area (Å²) >= 11 is 0. The Bertz CT molecular complexity index is 426. The second-order valence-corrected chi connectivity index (χ2v) is 5.43. The fourth-order valence-corrected chi connectivity index (χ4v) is 2.55. The van der Waals surface area contributed by atoms with E-state index in [1.165, 1.54) is 12.8 Å². The van der Waals surface area contributed by atoms with Crippen molar-refractivity contribution in [2.75, 3.05) is 6.61 Å². The third kappa shape index (κ3) is 3.47. The summed E-state index contributed by atoms with van der Waals surface area (Å²) in [5.74, 6) is 0.423. The van der Waals surface area contributed by atoms with Gasteiger partial charge in [0.1, 0.15) is 0 Å². The number of rotatable bonds is 4. The van der Waals surface area contributed by atoms with E-state index in [2.05, 4.69) is 10.3 Å². The van der Waals surface area contributed by atoms with Gasteiger partial charge in [-0.25, -0.2) is 0 Å². The minimum Gasteiger partial charge on any atom is -0.394 e. The molecule has 4 heteroatoms. The Balaban J connectivity index is 2.09. The zero-order valence-corrected chi connectivity index (χ0v) is 11.5. The molecule has 4 nitrogen and oxygen atoms in total. The molecule has 0 radical (unpaired) electrons. The first kappa shape index (κ1) is 13.9. The number of hydrogen-bond donors (Lipinski definition) is 3. The Morgan fingerprint density at radius 1 is 1.37 bits per heavy atom. The molecule has 19 heavy (non-hydrogen) atoms. The van der Waals surface area contributed by atoms with Crippen LogP contribution in [0.3, 0.4) is 0 Å². The summed E-state index contributed by atoms with van der Waals surface area (Å²) in [5, 5.41) is 12.8. The zero-order chi connectivity index (χ0) is 13.7. The van der Waals surface area contributed by atoms with Crippen LogP contribution in [0.5, 0.6) is 0 Å². The maximum Gasteiger partial charge on any atom is 0.189 e. The van der Waals surface area contributed by atoms with E-state index in [1.807, 2.05) is 37.3 Å². The molecule has 1 unspecified atom stereocenters. The van der Waals surface area contributed by atoms with Crippen LogP contribution < -0.4 is 11.1 Å². The van der Waals surface area contributed by atoms with Gasteiger partial charge >= 0.3 is 0 Å². The lowest BCUT2D eigenvalue weighted by atomic mass is 9.93. The lowest BCUT2D eigenvalue weighted by molar-refractivity contribution is 0.193. The van der Waals surface area contributed by atoms with Crippen molar-refractivity contribution in [3.63, 3.8) is 0 Å². The molecule has 0 saturated heterocycles. The van der Waals surface area contributed by atoms with Crippen molar-refractivity contribution in [2.24, 2.45) is 10.7 Å². The molecule has 0 aromatic heterocycles. The largest absolute Gasteiger partial charge is 0.394 e. The highest BCUT2D eigenvalue weighted by atomic mass is 16.3. The van der Waals surface area contributed by atoms with E-state index in [0.717, 1.165) is 18.4 Å². The van der Waals surface area contributed by atoms with Gasteiger partial charge in [-0.1, -0.05) is 43.2 Å². The minimum absolute atomic E-state index is 0.0299. The molecule has 1 saturated carbocycles. The van der Waals surface area contributed by atoms with E-state index in [9.17, 15) is 5.11 Å². The summed E-state index contributed by atoms with van der Waals surface area (Å²) in [4.78, 5) is 4.51. The topological polar surface area (TPSA) is 70.6 Å². The lowest BCUT2D eigenvalue weighted by Crippen LogP contribution is -2.49. The van der Waals surface area contributed by atoms with Crippen molar-refractivity contribution in [1.29, 1.82) is 0 Å². The molecule has 1 aromatic rings. The predicted octanol–water partition coefficient (Wildman–Crippen LogP) is 1.74. The summed E-state index contributed by atoms with van der Waals surface area (Å²) in [5.41, 5.74) is 6.39. The highest BCUT2D eigenvalue weighted by molar-refractivity contribution is 5.79. The Labute approximate surface area is 114 Å². The quantitative estimate of drug-likeness (QED) is 0.571. The first-order valence-electron chi connectivity index (χ1n) is 6.92. The van der Waals surface area contributed by atoms with E-state index >= 15 is 0 Å². The average Bonchev–Trinajstić information content (AvgIpc) is 2.92. The first-order chi connectivity index (χ1) is 9.14. The Morgan fingerprint density at radius 3 is 2.58 bits per heavy atom. The maximum absolute atomic E-state index is 9.68. The van der Waals surface area contributed by atoms with Crippen molar-refractivity contribution in [1.82, 2.24) is 5.32 Å². The van der Waals surface area contributed by atoms with Gasteiger partial charge in [0.2, 0.25) is 0 Å². The van der Waals surface area contributed by atoms with E-state index < -0.39 is 5.54 Å². The number of guanidine groups is 1. The van der Waals surface area contributed by atoms with Gasteiger partial charge in [0, 0.05) is 0 Å². The zero-order valence-electron chi connectivity index (χ0n) is 11.5. The van der Waals surface area contributed by atoms with E-state index in [4.69, 9.17) is 5.73 Å². The predicted molar refractivity (Wildman–Crippen MR) is 77.9 cm³/mol. The Hall–Kier alpha value is -1.55. The molecule has 104 valence electrons. The van der Waals surface area contributed by atoms with Gasteiger partial charge in [0.25, 0.3) is 0 Å². The summed E-state index contributed by atoms with van der Waals surface area (Å²) in [6.07, 6.45) is 4.70. The molecule has 0 bridgehead atoms. The second kappa shape index (κ2) is 6.06. The van der Waals surface area contributed by atoms with Gasteiger partial charge in [0.15, 0.2) is 5.96 Å². The van der Waals surface area contributed by atoms with Crippen LogP contribution in [0.1, 0.15) is 38.2 Å². The molecule has 1 aromatic carbocycles. The second-order valence-electron chi connectivity index (χ2n) is 5.43. The first-order valence-corrected chi connectivity index (χ1v) is 6.92. The average molecular weight is 261 g/mol. The van der Waals surface area contributed by atoms with E-state index in [0.29, 0.717) is 12.0 Å². The molecule has 1 aliphatic carbocycles. The highest BCUT2D eigenvalue weighted by Gasteiger charge is 2.26. The number of hydrogen-bond acceptors (Lipinski definition) is 2. The van der Waals surface area contributed by atoms with Crippen LogP contribution in [0.4, 0.5) is 0 Å². The third-order valence-corrected chi connectivity index (χ3v) is 3.78. The Morgan fingerprint density at radius 2 is 2.00 bits per heavy atom. The molecule has 0 aliphatic heterocycles. The van der Waals surface area contributed by atoms with Gasteiger partial charge in [-0.05, 0) is 25.3 Å². The number of aliphatic hydroxyl groups is 1. The van der Waals surface area contributed by atoms with Crippen molar-refractivity contribution in [3.8, 4) is 0 Å². The van der Waals surface area contributed by atoms with Crippen LogP contribution in [0, 0.1) is 0 Å². The third-order valence-electron chi connectivity index (χ3n) is 3.78. The van der Waals surface area contributed by atoms with Crippen LogP contribution in [0.15, 0.2) is 35.3 Å². The number of nitrogens with zero attached hydrogens (tertiary/aromatic N) is 1. The van der Waals surface area contributed by atoms with Gasteiger partial charge < -0.3 is 16.2 Å². The highest BCUT2D eigenvalue weighted by Crippen LogP contribution is 2.22. The van der Waals surface area contributed by atoms with Crippen molar-refractivity contribution >= 4 is 5.96 Å². The van der Waals surface area contributed by atoms with Crippen LogP contribution in [0.25, 0.3) is 0 Å². The van der Waals surface area contributed by atoms with Crippen molar-refractivity contribution in [2.45, 2.75) is 44.2 Å². The molecule has 1 fully saturated rings. The maximum atomic E-state index is 9.68. The van der Waals surface area contributed by atoms with Crippen molar-refractivity contribution in [3.05, 3.63) is 35.9 Å². The summed E-state index contributed by atoms with van der Waals surface area (Å²) in [7, 11) is 0. The van der Waals surface area contributed by atoms with Crippen LogP contribution in [0.2, 0.25) is 0 Å². The molecule has 1 atom stereocenters. The SMILES string of the molecule is CC(CO)(NC(N)=NC1CCCC1)c1ccccc1. The fraction of sp³-hybridized carbons (Fsp3) is 0.533. The molecule has 1 aliphatic rings. The minimum atomic E-state index is -0.590. The number of nitrogens with two attached hydrogens (primary N) is 1. The number of benzene rings is 1. The molecule has 0 amide bonds. The fourth-order valence-electron chi connectivity index (χ4n) is 2.55. The number of nitrogens with one attached hydrogen (secondary N) is 1. The molecular formula is C15H23N3O. The standard InChI is InChI=1S/C15H23N3O/c1-15(11-19,12-7-3-2-4-8-12)18-14(16)17-13-9-5-6-10-13/h2-4,7-8,13,19H,5-6,9-11H2,1H3,(H3,16,17,18). The summed E-state index contributed by atoms with van der Waals surface area (Å²) in [6, 6.07) is 10.2. The number of aliphatic imine (C=N–C) groups is 1. The Kier molecular flexibility index (Phi) is 4.43. The number of aliphatic hydroxyl groups excluding tert-OH is 1. The van der Waals surface area contributed by atoms with Crippen molar-refractivity contribution < 1.29 is 5.11 Å². The van der Waals surface area contributed by atoms with Gasteiger partial charge in [0.05, 0.1) is 18.2 Å². The van der Waals surface area contributed by atoms with Crippen LogP contribution in [-0.2, 0) is 5.54 Å². The van der Waals surface area contributed by atoms with E-state index in [1.54, 1.807) is 0 Å². The van der Waals surface area contributed by atoms with Crippen LogP contribution in [-0.4, -0.2) is 23.7 Å². The monoisotopic (exact) mass is 261 g/mol. The molecular weight excluding hydrogens is 238 g/mol. The summed E-state index contributed by atoms with van der Waals surface area (Å²) < 4.78 is 0. The van der Waals surface area contributed by atoms with Crippen LogP contribution >= 0.6 is 0 Å². The van der Waals surface area contributed by atoms with Gasteiger partial charge in [-0.2, -0.15) is 0 Å². The normalized spacial score (nSPS) is 20.2. The molecule has 0 spiro atoms. The van der Waals surface area contributed by atoms with E-state index in [-0.39, 0.29) is 6.61 Å². The molecule has 0 heterocycles. The van der Waals surface area contributed by atoms with Gasteiger partial charge in [-0.3, -0.25) is 4.99 Å². The molecule has 4 N–H and O–H groups in total.